The molecule has 1 atom stereocenters. The summed E-state index contributed by atoms with van der Waals surface area (Å²) in [6.07, 6.45) is 0.983. The zero-order valence-corrected chi connectivity index (χ0v) is 13.5. The van der Waals surface area contributed by atoms with E-state index in [1.54, 1.807) is 6.20 Å². The summed E-state index contributed by atoms with van der Waals surface area (Å²) in [4.78, 5) is 0. The topological polar surface area (TPSA) is 39.1 Å². The van der Waals surface area contributed by atoms with Crippen molar-refractivity contribution in [3.63, 3.8) is 0 Å². The molecule has 1 unspecified atom stereocenters. The highest BCUT2D eigenvalue weighted by atomic mass is 79.9. The summed E-state index contributed by atoms with van der Waals surface area (Å²) >= 11 is 3.51. The number of halogens is 3. The van der Waals surface area contributed by atoms with Gasteiger partial charge in [0, 0.05) is 13.2 Å². The zero-order valence-electron chi connectivity index (χ0n) is 11.9. The number of hydrogen-bond acceptors (Lipinski definition) is 3. The monoisotopic (exact) mass is 353 g/mol. The number of aryl methyl sites for hydroxylation is 1. The number of ether oxygens (including phenoxy) is 1. The molecule has 0 fully saturated rings. The second-order valence-corrected chi connectivity index (χ2v) is 5.32. The Labute approximate surface area is 127 Å². The quantitative estimate of drug-likeness (QED) is 0.655. The van der Waals surface area contributed by atoms with Gasteiger partial charge in [0.15, 0.2) is 0 Å². The maximum Gasteiger partial charge on any atom is 0.261 e. The Morgan fingerprint density at radius 3 is 2.80 bits per heavy atom. The molecule has 1 aromatic heterocycles. The lowest BCUT2D eigenvalue weighted by Gasteiger charge is -2.20. The number of hydrogen-bond donors (Lipinski definition) is 1. The zero-order chi connectivity index (χ0) is 15.0. The summed E-state index contributed by atoms with van der Waals surface area (Å²) in [6, 6.07) is 0.0427. The van der Waals surface area contributed by atoms with E-state index in [4.69, 9.17) is 4.74 Å². The first kappa shape index (κ1) is 17.5. The van der Waals surface area contributed by atoms with Gasteiger partial charge in [0.05, 0.1) is 22.4 Å². The smallest absolute Gasteiger partial charge is 0.261 e. The molecule has 0 aliphatic rings. The van der Waals surface area contributed by atoms with Gasteiger partial charge in [0.25, 0.3) is 6.43 Å². The Hall–Kier alpha value is -0.530. The standard InChI is InChI=1S/C13H22BrF2N3O/c1-3-6-19-13(10(14)8-18-19)11(17-4-2)5-7-20-9-12(15)16/h8,11-12,17H,3-7,9H2,1-2H3. The van der Waals surface area contributed by atoms with E-state index < -0.39 is 13.0 Å². The van der Waals surface area contributed by atoms with Crippen molar-refractivity contribution in [1.29, 1.82) is 0 Å². The lowest BCUT2D eigenvalue weighted by Crippen LogP contribution is -2.26. The predicted octanol–water partition coefficient (Wildman–Crippen LogP) is 3.38. The molecule has 0 spiro atoms. The van der Waals surface area contributed by atoms with E-state index in [9.17, 15) is 8.78 Å². The van der Waals surface area contributed by atoms with E-state index in [-0.39, 0.29) is 6.04 Å². The van der Waals surface area contributed by atoms with Gasteiger partial charge in [-0.2, -0.15) is 5.10 Å². The highest BCUT2D eigenvalue weighted by molar-refractivity contribution is 9.10. The van der Waals surface area contributed by atoms with E-state index in [0.717, 1.165) is 29.7 Å². The molecule has 0 aliphatic heterocycles. The number of rotatable bonds is 10. The van der Waals surface area contributed by atoms with Crippen molar-refractivity contribution in [3.8, 4) is 0 Å². The number of nitrogens with one attached hydrogen (secondary N) is 1. The molecule has 1 aromatic rings. The van der Waals surface area contributed by atoms with Gasteiger partial charge in [-0.15, -0.1) is 0 Å². The SMILES string of the molecule is CCCn1ncc(Br)c1C(CCOCC(F)F)NCC. The normalized spacial score (nSPS) is 13.1. The van der Waals surface area contributed by atoms with Crippen molar-refractivity contribution in [3.05, 3.63) is 16.4 Å². The van der Waals surface area contributed by atoms with E-state index in [1.807, 2.05) is 11.6 Å². The molecule has 7 heteroatoms. The fourth-order valence-electron chi connectivity index (χ4n) is 2.06. The van der Waals surface area contributed by atoms with Crippen LogP contribution in [0.3, 0.4) is 0 Å². The molecule has 1 rings (SSSR count). The van der Waals surface area contributed by atoms with Crippen LogP contribution >= 0.6 is 15.9 Å². The third kappa shape index (κ3) is 5.46. The third-order valence-corrected chi connectivity index (χ3v) is 3.45. The number of nitrogens with zero attached hydrogens (tertiary/aromatic N) is 2. The van der Waals surface area contributed by atoms with Crippen LogP contribution in [0.4, 0.5) is 8.78 Å². The number of aromatic nitrogens is 2. The highest BCUT2D eigenvalue weighted by Gasteiger charge is 2.19. The second kappa shape index (κ2) is 9.41. The van der Waals surface area contributed by atoms with Gasteiger partial charge >= 0.3 is 0 Å². The maximum atomic E-state index is 12.0. The molecule has 0 amide bonds. The first-order valence-corrected chi connectivity index (χ1v) is 7.69. The van der Waals surface area contributed by atoms with Crippen molar-refractivity contribution in [1.82, 2.24) is 15.1 Å². The Bertz CT molecular complexity index is 388. The first-order chi connectivity index (χ1) is 9.60. The summed E-state index contributed by atoms with van der Waals surface area (Å²) < 4.78 is 32.0. The Balaban J connectivity index is 2.67. The predicted molar refractivity (Wildman–Crippen MR) is 78.1 cm³/mol. The second-order valence-electron chi connectivity index (χ2n) is 4.47. The third-order valence-electron chi connectivity index (χ3n) is 2.84. The molecule has 1 N–H and O–H groups in total. The summed E-state index contributed by atoms with van der Waals surface area (Å²) in [5, 5.41) is 7.69. The fraction of sp³-hybridized carbons (Fsp3) is 0.769. The fourth-order valence-corrected chi connectivity index (χ4v) is 2.64. The molecule has 0 bridgehead atoms. The van der Waals surface area contributed by atoms with Crippen LogP contribution < -0.4 is 5.32 Å². The van der Waals surface area contributed by atoms with Crippen LogP contribution in [0, 0.1) is 0 Å². The van der Waals surface area contributed by atoms with Gasteiger partial charge in [0.1, 0.15) is 6.61 Å². The minimum Gasteiger partial charge on any atom is -0.375 e. The van der Waals surface area contributed by atoms with Gasteiger partial charge in [-0.1, -0.05) is 13.8 Å². The average molecular weight is 354 g/mol. The van der Waals surface area contributed by atoms with Crippen LogP contribution in [0.2, 0.25) is 0 Å². The van der Waals surface area contributed by atoms with Crippen molar-refractivity contribution in [2.24, 2.45) is 0 Å². The van der Waals surface area contributed by atoms with Gasteiger partial charge in [-0.3, -0.25) is 4.68 Å². The van der Waals surface area contributed by atoms with Crippen LogP contribution in [0.15, 0.2) is 10.7 Å². The largest absolute Gasteiger partial charge is 0.375 e. The van der Waals surface area contributed by atoms with E-state index in [2.05, 4.69) is 33.3 Å². The van der Waals surface area contributed by atoms with Crippen molar-refractivity contribution in [2.75, 3.05) is 19.8 Å². The molecule has 0 saturated carbocycles. The minimum atomic E-state index is -2.41. The van der Waals surface area contributed by atoms with E-state index >= 15 is 0 Å². The molecule has 1 heterocycles. The molecule has 20 heavy (non-hydrogen) atoms. The Morgan fingerprint density at radius 1 is 1.45 bits per heavy atom. The summed E-state index contributed by atoms with van der Waals surface area (Å²) in [5.74, 6) is 0. The summed E-state index contributed by atoms with van der Waals surface area (Å²) in [5.41, 5.74) is 1.05. The molecule has 0 aromatic carbocycles. The van der Waals surface area contributed by atoms with Crippen LogP contribution in [-0.2, 0) is 11.3 Å². The van der Waals surface area contributed by atoms with Crippen LogP contribution in [0.1, 0.15) is 38.4 Å². The highest BCUT2D eigenvalue weighted by Crippen LogP contribution is 2.26. The first-order valence-electron chi connectivity index (χ1n) is 6.90. The Kier molecular flexibility index (Phi) is 8.25. The number of alkyl halides is 2. The van der Waals surface area contributed by atoms with Gasteiger partial charge in [-0.05, 0) is 35.3 Å². The van der Waals surface area contributed by atoms with Crippen LogP contribution in [0.25, 0.3) is 0 Å². The molecule has 0 aliphatic carbocycles. The van der Waals surface area contributed by atoms with Crippen molar-refractivity contribution < 1.29 is 13.5 Å². The van der Waals surface area contributed by atoms with Gasteiger partial charge in [0.2, 0.25) is 0 Å². The van der Waals surface area contributed by atoms with Gasteiger partial charge < -0.3 is 10.1 Å². The summed E-state index contributed by atoms with van der Waals surface area (Å²) in [6.45, 7) is 5.53. The van der Waals surface area contributed by atoms with Gasteiger partial charge in [-0.25, -0.2) is 8.78 Å². The van der Waals surface area contributed by atoms with Crippen molar-refractivity contribution in [2.45, 2.75) is 45.7 Å². The van der Waals surface area contributed by atoms with E-state index in [1.165, 1.54) is 0 Å². The lowest BCUT2D eigenvalue weighted by molar-refractivity contribution is 0.0142. The molecule has 0 radical (unpaired) electrons. The average Bonchev–Trinajstić information content (AvgIpc) is 2.75. The molecular formula is C13H22BrF2N3O. The maximum absolute atomic E-state index is 12.0. The molecule has 4 nitrogen and oxygen atoms in total. The minimum absolute atomic E-state index is 0.0427. The Morgan fingerprint density at radius 2 is 2.20 bits per heavy atom. The van der Waals surface area contributed by atoms with Crippen LogP contribution in [-0.4, -0.2) is 36.0 Å². The summed E-state index contributed by atoms with van der Waals surface area (Å²) in [7, 11) is 0. The molecular weight excluding hydrogens is 332 g/mol. The molecule has 116 valence electrons. The van der Waals surface area contributed by atoms with Crippen molar-refractivity contribution >= 4 is 15.9 Å². The molecule has 0 saturated heterocycles. The van der Waals surface area contributed by atoms with E-state index in [0.29, 0.717) is 13.0 Å². The lowest BCUT2D eigenvalue weighted by atomic mass is 10.1. The van der Waals surface area contributed by atoms with Crippen LogP contribution in [0.5, 0.6) is 0 Å².